The lowest BCUT2D eigenvalue weighted by molar-refractivity contribution is -0.153. The number of hydrogen-bond donors (Lipinski definition) is 2. The molecule has 0 heterocycles. The smallest absolute Gasteiger partial charge is 0.321 e. The van der Waals surface area contributed by atoms with Gasteiger partial charge in [-0.05, 0) is 25.5 Å². The zero-order valence-corrected chi connectivity index (χ0v) is 16.3. The molecule has 2 rings (SSSR count). The van der Waals surface area contributed by atoms with Crippen LogP contribution in [0, 0.1) is 13.8 Å². The maximum absolute atomic E-state index is 12.4. The van der Waals surface area contributed by atoms with Gasteiger partial charge in [-0.1, -0.05) is 48.0 Å². The first-order chi connectivity index (χ1) is 12.9. The van der Waals surface area contributed by atoms with Crippen LogP contribution < -0.4 is 10.6 Å². The molecule has 0 saturated carbocycles. The Morgan fingerprint density at radius 2 is 1.78 bits per heavy atom. The quantitative estimate of drug-likeness (QED) is 0.589. The van der Waals surface area contributed by atoms with E-state index in [1.54, 1.807) is 30.3 Å². The monoisotopic (exact) mass is 386 g/mol. The van der Waals surface area contributed by atoms with Crippen molar-refractivity contribution in [3.8, 4) is 0 Å². The molecule has 27 heavy (non-hydrogen) atoms. The maximum Gasteiger partial charge on any atom is 0.321 e. The zero-order valence-electron chi connectivity index (χ0n) is 15.4. The number of esters is 1. The molecule has 0 spiro atoms. The Morgan fingerprint density at radius 3 is 2.41 bits per heavy atom. The molecular weight excluding hydrogens is 364 g/mol. The van der Waals surface area contributed by atoms with E-state index in [0.717, 1.165) is 16.0 Å². The van der Waals surface area contributed by atoms with Crippen LogP contribution in [0.5, 0.6) is 0 Å². The van der Waals surface area contributed by atoms with Crippen LogP contribution in [0.4, 0.5) is 4.79 Å². The second-order valence-electron chi connectivity index (χ2n) is 5.91. The number of hydrogen-bond acceptors (Lipinski definition) is 5. The van der Waals surface area contributed by atoms with Crippen molar-refractivity contribution < 1.29 is 19.1 Å². The van der Waals surface area contributed by atoms with Gasteiger partial charge in [0.1, 0.15) is 0 Å². The number of imide groups is 1. The third-order valence-electron chi connectivity index (χ3n) is 3.73. The van der Waals surface area contributed by atoms with Crippen LogP contribution in [-0.2, 0) is 14.3 Å². The Bertz CT molecular complexity index is 824. The van der Waals surface area contributed by atoms with Crippen LogP contribution in [0.3, 0.4) is 0 Å². The highest BCUT2D eigenvalue weighted by Crippen LogP contribution is 2.25. The first kappa shape index (κ1) is 20.5. The molecular formula is C20H22N2O4S. The topological polar surface area (TPSA) is 84.5 Å². The molecule has 0 fully saturated rings. The molecule has 0 aromatic heterocycles. The van der Waals surface area contributed by atoms with E-state index in [2.05, 4.69) is 10.6 Å². The molecule has 2 aromatic carbocycles. The molecule has 7 heteroatoms. The van der Waals surface area contributed by atoms with Gasteiger partial charge in [-0.25, -0.2) is 4.79 Å². The van der Waals surface area contributed by atoms with Gasteiger partial charge in [0, 0.05) is 17.5 Å². The molecule has 0 aliphatic rings. The van der Waals surface area contributed by atoms with Crippen molar-refractivity contribution in [2.24, 2.45) is 0 Å². The van der Waals surface area contributed by atoms with Crippen LogP contribution in [0.2, 0.25) is 0 Å². The van der Waals surface area contributed by atoms with Gasteiger partial charge in [0.05, 0.1) is 5.75 Å². The molecule has 0 saturated heterocycles. The standard InChI is InChI=1S/C20H22N2O4S/c1-13-9-10-16(14(2)11-13)27-12-17(23)26-18(15-7-5-4-6-8-15)19(24)22-20(25)21-3/h4-11,18H,12H2,1-3H3,(H2,21,22,24,25)/t18-/m0/s1. The highest BCUT2D eigenvalue weighted by molar-refractivity contribution is 8.00. The Labute approximate surface area is 162 Å². The predicted molar refractivity (Wildman–Crippen MR) is 105 cm³/mol. The first-order valence-electron chi connectivity index (χ1n) is 8.37. The minimum Gasteiger partial charge on any atom is -0.447 e. The van der Waals surface area contributed by atoms with Crippen molar-refractivity contribution in [1.82, 2.24) is 10.6 Å². The van der Waals surface area contributed by atoms with E-state index < -0.39 is 24.0 Å². The van der Waals surface area contributed by atoms with Gasteiger partial charge in [0.15, 0.2) is 0 Å². The number of nitrogens with one attached hydrogen (secondary N) is 2. The molecule has 142 valence electrons. The molecule has 0 bridgehead atoms. The maximum atomic E-state index is 12.4. The van der Waals surface area contributed by atoms with E-state index in [4.69, 9.17) is 4.74 Å². The van der Waals surface area contributed by atoms with E-state index in [1.807, 2.05) is 32.0 Å². The number of amides is 3. The molecule has 0 unspecified atom stereocenters. The van der Waals surface area contributed by atoms with Crippen molar-refractivity contribution in [3.05, 3.63) is 65.2 Å². The lowest BCUT2D eigenvalue weighted by atomic mass is 10.1. The Balaban J connectivity index is 2.06. The average molecular weight is 386 g/mol. The summed E-state index contributed by atoms with van der Waals surface area (Å²) in [6.07, 6.45) is -1.20. The van der Waals surface area contributed by atoms with Crippen molar-refractivity contribution in [2.75, 3.05) is 12.8 Å². The van der Waals surface area contributed by atoms with Gasteiger partial charge < -0.3 is 10.1 Å². The summed E-state index contributed by atoms with van der Waals surface area (Å²) in [4.78, 5) is 37.1. The van der Waals surface area contributed by atoms with Crippen LogP contribution in [0.25, 0.3) is 0 Å². The number of carbonyl (C=O) groups is 3. The second kappa shape index (κ2) is 9.78. The number of ether oxygens (including phenoxy) is 1. The second-order valence-corrected chi connectivity index (χ2v) is 6.92. The summed E-state index contributed by atoms with van der Waals surface area (Å²) in [5.74, 6) is -1.19. The molecule has 2 aromatic rings. The highest BCUT2D eigenvalue weighted by Gasteiger charge is 2.26. The Morgan fingerprint density at radius 1 is 1.07 bits per heavy atom. The summed E-state index contributed by atoms with van der Waals surface area (Å²) in [5.41, 5.74) is 2.71. The highest BCUT2D eigenvalue weighted by atomic mass is 32.2. The van der Waals surface area contributed by atoms with Crippen LogP contribution >= 0.6 is 11.8 Å². The van der Waals surface area contributed by atoms with E-state index >= 15 is 0 Å². The minimum absolute atomic E-state index is 0.0560. The van der Waals surface area contributed by atoms with Crippen LogP contribution in [0.1, 0.15) is 22.8 Å². The van der Waals surface area contributed by atoms with E-state index in [-0.39, 0.29) is 5.75 Å². The van der Waals surface area contributed by atoms with E-state index in [9.17, 15) is 14.4 Å². The van der Waals surface area contributed by atoms with Gasteiger partial charge in [0.2, 0.25) is 6.10 Å². The van der Waals surface area contributed by atoms with E-state index in [0.29, 0.717) is 5.56 Å². The van der Waals surface area contributed by atoms with Crippen LogP contribution in [0.15, 0.2) is 53.4 Å². The van der Waals surface area contributed by atoms with Gasteiger partial charge in [-0.3, -0.25) is 14.9 Å². The molecule has 1 atom stereocenters. The SMILES string of the molecule is CNC(=O)NC(=O)[C@@H](OC(=O)CSc1ccc(C)cc1C)c1ccccc1. The van der Waals surface area contributed by atoms with Gasteiger partial charge in [-0.2, -0.15) is 0 Å². The molecule has 3 amide bonds. The van der Waals surface area contributed by atoms with Crippen LogP contribution in [-0.4, -0.2) is 30.7 Å². The Hall–Kier alpha value is -2.80. The van der Waals surface area contributed by atoms with Gasteiger partial charge >= 0.3 is 12.0 Å². The average Bonchev–Trinajstić information content (AvgIpc) is 2.65. The summed E-state index contributed by atoms with van der Waals surface area (Å²) in [6, 6.07) is 13.9. The van der Waals surface area contributed by atoms with Crippen molar-refractivity contribution in [2.45, 2.75) is 24.8 Å². The van der Waals surface area contributed by atoms with Crippen molar-refractivity contribution >= 4 is 29.7 Å². The number of carbonyl (C=O) groups excluding carboxylic acids is 3. The summed E-state index contributed by atoms with van der Waals surface area (Å²) >= 11 is 1.35. The summed E-state index contributed by atoms with van der Waals surface area (Å²) in [7, 11) is 1.40. The van der Waals surface area contributed by atoms with Crippen molar-refractivity contribution in [3.63, 3.8) is 0 Å². The minimum atomic E-state index is -1.20. The third kappa shape index (κ3) is 6.14. The number of benzene rings is 2. The number of thioether (sulfide) groups is 1. The molecule has 6 nitrogen and oxygen atoms in total. The number of rotatable bonds is 6. The predicted octanol–water partition coefficient (Wildman–Crippen LogP) is 3.14. The summed E-state index contributed by atoms with van der Waals surface area (Å²) in [6.45, 7) is 3.98. The fraction of sp³-hybridized carbons (Fsp3) is 0.250. The lowest BCUT2D eigenvalue weighted by Gasteiger charge is -2.17. The van der Waals surface area contributed by atoms with Gasteiger partial charge in [0.25, 0.3) is 5.91 Å². The fourth-order valence-corrected chi connectivity index (χ4v) is 3.20. The molecule has 0 radical (unpaired) electrons. The molecule has 0 aliphatic heterocycles. The normalized spacial score (nSPS) is 11.4. The Kier molecular flexibility index (Phi) is 7.43. The first-order valence-corrected chi connectivity index (χ1v) is 9.36. The lowest BCUT2D eigenvalue weighted by Crippen LogP contribution is -2.41. The third-order valence-corrected chi connectivity index (χ3v) is 4.88. The van der Waals surface area contributed by atoms with Crippen molar-refractivity contribution in [1.29, 1.82) is 0 Å². The molecule has 2 N–H and O–H groups in total. The number of aryl methyl sites for hydroxylation is 2. The summed E-state index contributed by atoms with van der Waals surface area (Å²) in [5, 5.41) is 4.45. The van der Waals surface area contributed by atoms with Gasteiger partial charge in [-0.15, -0.1) is 11.8 Å². The fourth-order valence-electron chi connectivity index (χ4n) is 2.40. The zero-order chi connectivity index (χ0) is 19.8. The summed E-state index contributed by atoms with van der Waals surface area (Å²) < 4.78 is 5.38. The van der Waals surface area contributed by atoms with E-state index in [1.165, 1.54) is 18.8 Å². The number of urea groups is 1. The molecule has 0 aliphatic carbocycles. The largest absolute Gasteiger partial charge is 0.447 e.